The average Bonchev–Trinajstić information content (AvgIpc) is 2.93. The minimum absolute atomic E-state index is 0.0957. The van der Waals surface area contributed by atoms with Gasteiger partial charge in [0.15, 0.2) is 0 Å². The quantitative estimate of drug-likeness (QED) is 0.721. The molecule has 112 valence electrons. The number of nitrogens with zero attached hydrogens (tertiary/aromatic N) is 3. The van der Waals surface area contributed by atoms with Gasteiger partial charge in [-0.2, -0.15) is 0 Å². The van der Waals surface area contributed by atoms with Crippen LogP contribution in [-0.4, -0.2) is 45.9 Å². The van der Waals surface area contributed by atoms with Crippen molar-refractivity contribution >= 4 is 5.91 Å². The molecule has 21 heavy (non-hydrogen) atoms. The van der Waals surface area contributed by atoms with E-state index in [0.29, 0.717) is 26.1 Å². The summed E-state index contributed by atoms with van der Waals surface area (Å²) in [5.74, 6) is 0.356. The van der Waals surface area contributed by atoms with E-state index in [-0.39, 0.29) is 5.56 Å². The van der Waals surface area contributed by atoms with Gasteiger partial charge >= 0.3 is 0 Å². The molecule has 2 aromatic heterocycles. The maximum absolute atomic E-state index is 11.9. The summed E-state index contributed by atoms with van der Waals surface area (Å²) in [6.45, 7) is 1.60. The van der Waals surface area contributed by atoms with Crippen molar-refractivity contribution in [1.82, 2.24) is 25.1 Å². The van der Waals surface area contributed by atoms with Gasteiger partial charge in [-0.25, -0.2) is 0 Å². The summed E-state index contributed by atoms with van der Waals surface area (Å²) in [5.41, 5.74) is -0.309. The summed E-state index contributed by atoms with van der Waals surface area (Å²) >= 11 is 0. The lowest BCUT2D eigenvalue weighted by atomic mass is 10.2. The molecule has 0 saturated heterocycles. The summed E-state index contributed by atoms with van der Waals surface area (Å²) in [4.78, 5) is 25.8. The van der Waals surface area contributed by atoms with Crippen LogP contribution in [-0.2, 0) is 17.7 Å². The zero-order valence-electron chi connectivity index (χ0n) is 11.7. The molecule has 0 aliphatic heterocycles. The van der Waals surface area contributed by atoms with Gasteiger partial charge in [0.1, 0.15) is 17.7 Å². The van der Waals surface area contributed by atoms with Crippen LogP contribution in [0.4, 0.5) is 0 Å². The van der Waals surface area contributed by atoms with Gasteiger partial charge in [0.25, 0.3) is 11.5 Å². The topological polar surface area (TPSA) is 102 Å². The SMILES string of the molecule is COCCn1cnnc1CCNC(=O)c1ccc[nH]c1=O. The Morgan fingerprint density at radius 2 is 2.38 bits per heavy atom. The number of aromatic nitrogens is 4. The summed E-state index contributed by atoms with van der Waals surface area (Å²) in [5, 5.41) is 10.5. The zero-order chi connectivity index (χ0) is 15.1. The van der Waals surface area contributed by atoms with Crippen LogP contribution in [0.2, 0.25) is 0 Å². The first-order valence-corrected chi connectivity index (χ1v) is 6.54. The molecular formula is C13H17N5O3. The van der Waals surface area contributed by atoms with Gasteiger partial charge < -0.3 is 19.6 Å². The molecule has 0 bridgehead atoms. The molecule has 0 unspecified atom stereocenters. The fraction of sp³-hybridized carbons (Fsp3) is 0.385. The first kappa shape index (κ1) is 14.9. The lowest BCUT2D eigenvalue weighted by Gasteiger charge is -2.07. The van der Waals surface area contributed by atoms with Crippen molar-refractivity contribution in [3.63, 3.8) is 0 Å². The molecule has 0 aliphatic carbocycles. The molecule has 0 radical (unpaired) electrons. The van der Waals surface area contributed by atoms with Gasteiger partial charge in [0.2, 0.25) is 0 Å². The number of hydrogen-bond donors (Lipinski definition) is 2. The highest BCUT2D eigenvalue weighted by atomic mass is 16.5. The number of hydrogen-bond acceptors (Lipinski definition) is 5. The Balaban J connectivity index is 1.87. The number of nitrogens with one attached hydrogen (secondary N) is 2. The lowest BCUT2D eigenvalue weighted by Crippen LogP contribution is -2.31. The number of rotatable bonds is 7. The Hall–Kier alpha value is -2.48. The van der Waals surface area contributed by atoms with E-state index < -0.39 is 11.5 Å². The van der Waals surface area contributed by atoms with Crippen molar-refractivity contribution in [2.24, 2.45) is 0 Å². The molecular weight excluding hydrogens is 274 g/mol. The maximum atomic E-state index is 11.9. The second-order valence-electron chi connectivity index (χ2n) is 4.35. The summed E-state index contributed by atoms with van der Waals surface area (Å²) in [6, 6.07) is 3.09. The normalized spacial score (nSPS) is 10.5. The van der Waals surface area contributed by atoms with E-state index in [9.17, 15) is 9.59 Å². The highest BCUT2D eigenvalue weighted by molar-refractivity contribution is 5.93. The third-order valence-corrected chi connectivity index (χ3v) is 2.93. The van der Waals surface area contributed by atoms with E-state index in [1.807, 2.05) is 4.57 Å². The van der Waals surface area contributed by atoms with Crippen LogP contribution in [0.1, 0.15) is 16.2 Å². The van der Waals surface area contributed by atoms with E-state index in [1.165, 1.54) is 12.3 Å². The highest BCUT2D eigenvalue weighted by Crippen LogP contribution is 1.96. The van der Waals surface area contributed by atoms with Gasteiger partial charge in [-0.05, 0) is 12.1 Å². The number of ether oxygens (including phenoxy) is 1. The third-order valence-electron chi connectivity index (χ3n) is 2.93. The van der Waals surface area contributed by atoms with Gasteiger partial charge in [0, 0.05) is 32.8 Å². The molecule has 8 heteroatoms. The predicted molar refractivity (Wildman–Crippen MR) is 75.0 cm³/mol. The molecule has 2 heterocycles. The highest BCUT2D eigenvalue weighted by Gasteiger charge is 2.10. The predicted octanol–water partition coefficient (Wildman–Crippen LogP) is -0.415. The fourth-order valence-corrected chi connectivity index (χ4v) is 1.83. The number of amides is 1. The molecule has 8 nitrogen and oxygen atoms in total. The minimum atomic E-state index is -0.404. The van der Waals surface area contributed by atoms with Crippen molar-refractivity contribution in [3.8, 4) is 0 Å². The van der Waals surface area contributed by atoms with Crippen LogP contribution in [0.3, 0.4) is 0 Å². The second-order valence-corrected chi connectivity index (χ2v) is 4.35. The third kappa shape index (κ3) is 3.99. The Bertz CT molecular complexity index is 649. The van der Waals surface area contributed by atoms with E-state index in [2.05, 4.69) is 20.5 Å². The number of pyridine rings is 1. The van der Waals surface area contributed by atoms with Gasteiger partial charge in [-0.1, -0.05) is 0 Å². The molecule has 2 rings (SSSR count). The number of aromatic amines is 1. The van der Waals surface area contributed by atoms with E-state index in [0.717, 1.165) is 5.82 Å². The molecule has 0 aliphatic rings. The Morgan fingerprint density at radius 3 is 3.14 bits per heavy atom. The largest absolute Gasteiger partial charge is 0.383 e. The Morgan fingerprint density at radius 1 is 1.52 bits per heavy atom. The number of carbonyl (C=O) groups is 1. The van der Waals surface area contributed by atoms with E-state index >= 15 is 0 Å². The Labute approximate surface area is 121 Å². The molecule has 0 aromatic carbocycles. The first-order valence-electron chi connectivity index (χ1n) is 6.54. The summed E-state index contributed by atoms with van der Waals surface area (Å²) < 4.78 is 6.87. The van der Waals surface area contributed by atoms with Crippen molar-refractivity contribution in [2.75, 3.05) is 20.3 Å². The summed E-state index contributed by atoms with van der Waals surface area (Å²) in [7, 11) is 1.63. The smallest absolute Gasteiger partial charge is 0.260 e. The molecule has 2 N–H and O–H groups in total. The van der Waals surface area contributed by atoms with Gasteiger partial charge in [-0.3, -0.25) is 9.59 Å². The summed E-state index contributed by atoms with van der Waals surface area (Å²) in [6.07, 6.45) is 3.63. The van der Waals surface area contributed by atoms with Gasteiger partial charge in [-0.15, -0.1) is 10.2 Å². The van der Waals surface area contributed by atoms with E-state index in [4.69, 9.17) is 4.74 Å². The van der Waals surface area contributed by atoms with Crippen molar-refractivity contribution in [3.05, 3.63) is 46.4 Å². The van der Waals surface area contributed by atoms with Crippen LogP contribution < -0.4 is 10.9 Å². The van der Waals surface area contributed by atoms with Crippen LogP contribution >= 0.6 is 0 Å². The van der Waals surface area contributed by atoms with Crippen LogP contribution in [0.15, 0.2) is 29.5 Å². The minimum Gasteiger partial charge on any atom is -0.383 e. The van der Waals surface area contributed by atoms with Crippen LogP contribution in [0, 0.1) is 0 Å². The molecule has 0 saturated carbocycles. The Kier molecular flexibility index (Phi) is 5.22. The van der Waals surface area contributed by atoms with E-state index in [1.54, 1.807) is 19.5 Å². The van der Waals surface area contributed by atoms with Crippen molar-refractivity contribution < 1.29 is 9.53 Å². The van der Waals surface area contributed by atoms with Crippen LogP contribution in [0.25, 0.3) is 0 Å². The average molecular weight is 291 g/mol. The number of H-pyrrole nitrogens is 1. The standard InChI is InChI=1S/C13H17N5O3/c1-21-8-7-18-9-16-17-11(18)4-6-15-13(20)10-3-2-5-14-12(10)19/h2-3,5,9H,4,6-8H2,1H3,(H,14,19)(H,15,20). The first-order chi connectivity index (χ1) is 10.2. The van der Waals surface area contributed by atoms with Crippen molar-refractivity contribution in [1.29, 1.82) is 0 Å². The zero-order valence-corrected chi connectivity index (χ0v) is 11.7. The molecule has 1 amide bonds. The number of carbonyl (C=O) groups excluding carboxylic acids is 1. The van der Waals surface area contributed by atoms with Crippen LogP contribution in [0.5, 0.6) is 0 Å². The second kappa shape index (κ2) is 7.34. The number of methoxy groups -OCH3 is 1. The monoisotopic (exact) mass is 291 g/mol. The van der Waals surface area contributed by atoms with Crippen molar-refractivity contribution in [2.45, 2.75) is 13.0 Å². The molecule has 0 atom stereocenters. The van der Waals surface area contributed by atoms with Gasteiger partial charge in [0.05, 0.1) is 6.61 Å². The lowest BCUT2D eigenvalue weighted by molar-refractivity contribution is 0.0952. The fourth-order valence-electron chi connectivity index (χ4n) is 1.83. The molecule has 0 fully saturated rings. The molecule has 0 spiro atoms. The molecule has 2 aromatic rings. The maximum Gasteiger partial charge on any atom is 0.260 e.